The van der Waals surface area contributed by atoms with Gasteiger partial charge >= 0.3 is 0 Å². The van der Waals surface area contributed by atoms with Crippen LogP contribution in [0.2, 0.25) is 0 Å². The van der Waals surface area contributed by atoms with E-state index in [1.54, 1.807) is 30.3 Å². The molecule has 1 heterocycles. The fourth-order valence-corrected chi connectivity index (χ4v) is 1.67. The summed E-state index contributed by atoms with van der Waals surface area (Å²) in [6, 6.07) is 3.50. The fourth-order valence-electron chi connectivity index (χ4n) is 1.67. The summed E-state index contributed by atoms with van der Waals surface area (Å²) in [6.45, 7) is 8.14. The van der Waals surface area contributed by atoms with Crippen LogP contribution in [0.15, 0.2) is 18.3 Å². The predicted molar refractivity (Wildman–Crippen MR) is 79.2 cm³/mol. The van der Waals surface area contributed by atoms with Gasteiger partial charge in [0.2, 0.25) is 0 Å². The minimum absolute atomic E-state index is 0.0109. The second kappa shape index (κ2) is 6.53. The first-order chi connectivity index (χ1) is 9.27. The zero-order chi connectivity index (χ0) is 15.3. The number of nitrogens with zero attached hydrogens (tertiary/aromatic N) is 2. The summed E-state index contributed by atoms with van der Waals surface area (Å²) >= 11 is 0. The first-order valence-corrected chi connectivity index (χ1v) is 6.60. The van der Waals surface area contributed by atoms with Gasteiger partial charge in [0.15, 0.2) is 0 Å². The van der Waals surface area contributed by atoms with Crippen LogP contribution in [0, 0.1) is 17.3 Å². The molecule has 1 atom stereocenters. The van der Waals surface area contributed by atoms with Crippen LogP contribution in [0.25, 0.3) is 0 Å². The van der Waals surface area contributed by atoms with Gasteiger partial charge in [-0.1, -0.05) is 32.6 Å². The van der Waals surface area contributed by atoms with Gasteiger partial charge < -0.3 is 10.0 Å². The highest BCUT2D eigenvalue weighted by Crippen LogP contribution is 2.23. The van der Waals surface area contributed by atoms with Crippen molar-refractivity contribution in [1.82, 2.24) is 9.88 Å². The van der Waals surface area contributed by atoms with E-state index in [1.807, 2.05) is 6.92 Å². The minimum Gasteiger partial charge on any atom is -0.384 e. The Hall–Kier alpha value is -1.86. The third kappa shape index (κ3) is 4.07. The van der Waals surface area contributed by atoms with Crippen LogP contribution in [0.4, 0.5) is 0 Å². The summed E-state index contributed by atoms with van der Waals surface area (Å²) in [5.41, 5.74) is 1.09. The lowest BCUT2D eigenvalue weighted by molar-refractivity contribution is 0.0623. The van der Waals surface area contributed by atoms with Gasteiger partial charge in [0.05, 0.1) is 0 Å². The van der Waals surface area contributed by atoms with Crippen molar-refractivity contribution in [1.29, 1.82) is 0 Å². The van der Waals surface area contributed by atoms with Gasteiger partial charge in [-0.25, -0.2) is 4.98 Å². The molecule has 0 radical (unpaired) electrons. The SMILES string of the molecule is CC(N(C)C(=O)c1ccc(C#CCO)cn1)C(C)(C)C. The van der Waals surface area contributed by atoms with Crippen molar-refractivity contribution in [3.8, 4) is 11.8 Å². The van der Waals surface area contributed by atoms with Gasteiger partial charge in [0, 0.05) is 24.8 Å². The molecule has 4 heteroatoms. The Kier molecular flexibility index (Phi) is 5.29. The summed E-state index contributed by atoms with van der Waals surface area (Å²) in [5.74, 6) is 5.19. The topological polar surface area (TPSA) is 53.4 Å². The minimum atomic E-state index is -0.188. The maximum atomic E-state index is 12.3. The lowest BCUT2D eigenvalue weighted by Gasteiger charge is -2.35. The molecule has 0 aliphatic carbocycles. The zero-order valence-electron chi connectivity index (χ0n) is 12.8. The maximum Gasteiger partial charge on any atom is 0.272 e. The predicted octanol–water partition coefficient (Wildman–Crippen LogP) is 1.93. The van der Waals surface area contributed by atoms with Crippen LogP contribution in [-0.2, 0) is 0 Å². The van der Waals surface area contributed by atoms with Crippen molar-refractivity contribution in [3.63, 3.8) is 0 Å². The summed E-state index contributed by atoms with van der Waals surface area (Å²) in [6.07, 6.45) is 1.55. The van der Waals surface area contributed by atoms with Crippen LogP contribution in [0.5, 0.6) is 0 Å². The van der Waals surface area contributed by atoms with Gasteiger partial charge in [-0.3, -0.25) is 4.79 Å². The highest BCUT2D eigenvalue weighted by molar-refractivity contribution is 5.92. The summed E-state index contributed by atoms with van der Waals surface area (Å²) in [4.78, 5) is 18.2. The molecule has 0 saturated heterocycles. The van der Waals surface area contributed by atoms with E-state index in [2.05, 4.69) is 37.6 Å². The molecule has 1 aromatic rings. The molecular formula is C16H22N2O2. The van der Waals surface area contributed by atoms with E-state index in [0.717, 1.165) is 0 Å². The molecule has 0 bridgehead atoms. The highest BCUT2D eigenvalue weighted by Gasteiger charge is 2.27. The quantitative estimate of drug-likeness (QED) is 0.838. The van der Waals surface area contributed by atoms with Crippen molar-refractivity contribution in [2.24, 2.45) is 5.41 Å². The Morgan fingerprint density at radius 2 is 2.10 bits per heavy atom. The molecule has 1 rings (SSSR count). The second-order valence-electron chi connectivity index (χ2n) is 5.85. The van der Waals surface area contributed by atoms with E-state index >= 15 is 0 Å². The van der Waals surface area contributed by atoms with Crippen LogP contribution in [0.3, 0.4) is 0 Å². The number of amides is 1. The number of carbonyl (C=O) groups excluding carboxylic acids is 1. The average molecular weight is 274 g/mol. The van der Waals surface area contributed by atoms with Gasteiger partial charge in [-0.05, 0) is 24.5 Å². The van der Waals surface area contributed by atoms with Crippen molar-refractivity contribution in [3.05, 3.63) is 29.6 Å². The molecule has 0 aromatic carbocycles. The van der Waals surface area contributed by atoms with E-state index in [0.29, 0.717) is 11.3 Å². The largest absolute Gasteiger partial charge is 0.384 e. The maximum absolute atomic E-state index is 12.3. The second-order valence-corrected chi connectivity index (χ2v) is 5.85. The van der Waals surface area contributed by atoms with E-state index in [4.69, 9.17) is 5.11 Å². The third-order valence-electron chi connectivity index (χ3n) is 3.45. The summed E-state index contributed by atoms with van der Waals surface area (Å²) < 4.78 is 0. The molecule has 1 N–H and O–H groups in total. The number of pyridine rings is 1. The Labute approximate surface area is 120 Å². The molecule has 20 heavy (non-hydrogen) atoms. The molecule has 0 spiro atoms. The number of aliphatic hydroxyl groups is 1. The van der Waals surface area contributed by atoms with Crippen LogP contribution >= 0.6 is 0 Å². The molecule has 0 fully saturated rings. The molecule has 0 saturated carbocycles. The number of aliphatic hydroxyl groups excluding tert-OH is 1. The summed E-state index contributed by atoms with van der Waals surface area (Å²) in [7, 11) is 1.79. The first kappa shape index (κ1) is 16.2. The van der Waals surface area contributed by atoms with Crippen LogP contribution < -0.4 is 0 Å². The Balaban J connectivity index is 2.87. The number of carbonyl (C=O) groups is 1. The Bertz CT molecular complexity index is 518. The van der Waals surface area contributed by atoms with Crippen molar-refractivity contribution in [2.45, 2.75) is 33.7 Å². The number of hydrogen-bond acceptors (Lipinski definition) is 3. The zero-order valence-corrected chi connectivity index (χ0v) is 12.8. The Morgan fingerprint density at radius 1 is 1.45 bits per heavy atom. The van der Waals surface area contributed by atoms with Crippen molar-refractivity contribution < 1.29 is 9.90 Å². The van der Waals surface area contributed by atoms with Gasteiger partial charge in [0.1, 0.15) is 12.3 Å². The van der Waals surface area contributed by atoms with Crippen molar-refractivity contribution in [2.75, 3.05) is 13.7 Å². The monoisotopic (exact) mass is 274 g/mol. The van der Waals surface area contributed by atoms with E-state index in [1.165, 1.54) is 0 Å². The Morgan fingerprint density at radius 3 is 2.55 bits per heavy atom. The molecule has 108 valence electrons. The number of rotatable bonds is 2. The van der Waals surface area contributed by atoms with Crippen LogP contribution in [-0.4, -0.2) is 40.6 Å². The normalized spacial score (nSPS) is 12.3. The molecule has 1 amide bonds. The highest BCUT2D eigenvalue weighted by atomic mass is 16.2. The average Bonchev–Trinajstić information content (AvgIpc) is 2.42. The molecule has 0 aliphatic rings. The molecule has 4 nitrogen and oxygen atoms in total. The lowest BCUT2D eigenvalue weighted by atomic mass is 9.87. The van der Waals surface area contributed by atoms with Crippen LogP contribution in [0.1, 0.15) is 43.7 Å². The summed E-state index contributed by atoms with van der Waals surface area (Å²) in [5, 5.41) is 8.63. The number of aromatic nitrogens is 1. The number of hydrogen-bond donors (Lipinski definition) is 1. The van der Waals surface area contributed by atoms with Crippen molar-refractivity contribution >= 4 is 5.91 Å². The smallest absolute Gasteiger partial charge is 0.272 e. The van der Waals surface area contributed by atoms with Gasteiger partial charge in [-0.15, -0.1) is 0 Å². The van der Waals surface area contributed by atoms with E-state index in [-0.39, 0.29) is 24.0 Å². The third-order valence-corrected chi connectivity index (χ3v) is 3.45. The standard InChI is InChI=1S/C16H22N2O2/c1-12(16(2,3)4)18(5)15(20)14-9-8-13(11-17-14)7-6-10-19/h8-9,11-12,19H,10H2,1-5H3. The van der Waals surface area contributed by atoms with E-state index in [9.17, 15) is 4.79 Å². The van der Waals surface area contributed by atoms with E-state index < -0.39 is 0 Å². The van der Waals surface area contributed by atoms with Gasteiger partial charge in [-0.2, -0.15) is 0 Å². The molecule has 0 aliphatic heterocycles. The first-order valence-electron chi connectivity index (χ1n) is 6.60. The van der Waals surface area contributed by atoms with Gasteiger partial charge in [0.25, 0.3) is 5.91 Å². The molecular weight excluding hydrogens is 252 g/mol. The molecule has 1 aromatic heterocycles. The molecule has 1 unspecified atom stereocenters. The fraction of sp³-hybridized carbons (Fsp3) is 0.500. The lowest BCUT2D eigenvalue weighted by Crippen LogP contribution is -2.43.